The first-order valence-electron chi connectivity index (χ1n) is 8.56. The van der Waals surface area contributed by atoms with Crippen molar-refractivity contribution in [3.05, 3.63) is 69.6 Å². The summed E-state index contributed by atoms with van der Waals surface area (Å²) in [6.45, 7) is 0.246. The zero-order valence-electron chi connectivity index (χ0n) is 14.0. The Morgan fingerprint density at radius 3 is 2.92 bits per heavy atom. The minimum absolute atomic E-state index is 0.0215. The molecule has 0 bridgehead atoms. The lowest BCUT2D eigenvalue weighted by Crippen LogP contribution is -2.39. The lowest BCUT2D eigenvalue weighted by molar-refractivity contribution is 0.134. The Morgan fingerprint density at radius 2 is 2.12 bits per heavy atom. The third-order valence-electron chi connectivity index (χ3n) is 4.75. The number of H-pyrrole nitrogens is 1. The van der Waals surface area contributed by atoms with Gasteiger partial charge in [-0.25, -0.2) is 9.18 Å². The van der Waals surface area contributed by atoms with Crippen LogP contribution in [0.5, 0.6) is 0 Å². The molecule has 6 heteroatoms. The molecule has 1 aliphatic rings. The van der Waals surface area contributed by atoms with Crippen LogP contribution in [0.1, 0.15) is 23.2 Å². The van der Waals surface area contributed by atoms with E-state index in [9.17, 15) is 9.18 Å². The molecule has 1 unspecified atom stereocenters. The van der Waals surface area contributed by atoms with Crippen molar-refractivity contribution in [1.82, 2.24) is 10.3 Å². The van der Waals surface area contributed by atoms with E-state index in [4.69, 9.17) is 4.74 Å². The minimum Gasteiger partial charge on any atom is -0.445 e. The number of ether oxygens (including phenoxy) is 1. The van der Waals surface area contributed by atoms with Crippen LogP contribution < -0.4 is 5.32 Å². The summed E-state index contributed by atoms with van der Waals surface area (Å²) < 4.78 is 19.8. The third-order valence-corrected chi connectivity index (χ3v) is 5.37. The van der Waals surface area contributed by atoms with Crippen LogP contribution in [-0.4, -0.2) is 17.1 Å². The molecular formula is C20H18BrFN2O2. The first kappa shape index (κ1) is 17.1. The fraction of sp³-hybridized carbons (Fsp3) is 0.250. The molecule has 0 saturated carbocycles. The summed E-state index contributed by atoms with van der Waals surface area (Å²) in [6, 6.07) is 12.6. The highest BCUT2D eigenvalue weighted by atomic mass is 79.9. The number of alkyl carbamates (subject to hydrolysis) is 1. The van der Waals surface area contributed by atoms with E-state index in [0.717, 1.165) is 40.6 Å². The summed E-state index contributed by atoms with van der Waals surface area (Å²) >= 11 is 3.41. The lowest BCUT2D eigenvalue weighted by atomic mass is 9.91. The summed E-state index contributed by atoms with van der Waals surface area (Å²) in [4.78, 5) is 15.5. The maximum Gasteiger partial charge on any atom is 0.407 e. The molecule has 1 amide bonds. The highest BCUT2D eigenvalue weighted by Gasteiger charge is 2.25. The number of rotatable bonds is 3. The van der Waals surface area contributed by atoms with Crippen LogP contribution in [0, 0.1) is 5.82 Å². The number of carbonyl (C=O) groups excluding carboxylic acids is 1. The Bertz CT molecular complexity index is 955. The molecule has 0 radical (unpaired) electrons. The zero-order chi connectivity index (χ0) is 18.1. The smallest absolute Gasteiger partial charge is 0.407 e. The van der Waals surface area contributed by atoms with Gasteiger partial charge in [0.25, 0.3) is 0 Å². The highest BCUT2D eigenvalue weighted by molar-refractivity contribution is 9.10. The molecule has 1 heterocycles. The predicted molar refractivity (Wildman–Crippen MR) is 102 cm³/mol. The average molecular weight is 417 g/mol. The van der Waals surface area contributed by atoms with Gasteiger partial charge in [0.2, 0.25) is 0 Å². The van der Waals surface area contributed by atoms with Crippen LogP contribution in [0.3, 0.4) is 0 Å². The molecule has 0 spiro atoms. The zero-order valence-corrected chi connectivity index (χ0v) is 15.6. The van der Waals surface area contributed by atoms with Gasteiger partial charge in [-0.2, -0.15) is 0 Å². The Balaban J connectivity index is 1.44. The molecular weight excluding hydrogens is 399 g/mol. The Labute approximate surface area is 158 Å². The second kappa shape index (κ2) is 7.11. The molecule has 134 valence electrons. The molecule has 0 aliphatic heterocycles. The second-order valence-electron chi connectivity index (χ2n) is 6.54. The van der Waals surface area contributed by atoms with Crippen LogP contribution in [0.4, 0.5) is 9.18 Å². The SMILES string of the molecule is O=C(NC1CCc2[nH]c3c(Br)cc(F)cc3c2C1)OCc1ccccc1. The standard InChI is InChI=1S/C20H18BrFN2O2/c21-17-9-13(22)8-16-15-10-14(6-7-18(15)24-19(16)17)23-20(25)26-11-12-4-2-1-3-5-12/h1-5,8-9,14,24H,6-7,10-11H2,(H,23,25). The van der Waals surface area contributed by atoms with Gasteiger partial charge < -0.3 is 15.0 Å². The van der Waals surface area contributed by atoms with Gasteiger partial charge in [-0.1, -0.05) is 30.3 Å². The number of halogens is 2. The summed E-state index contributed by atoms with van der Waals surface area (Å²) in [5, 5.41) is 3.80. The number of nitrogens with one attached hydrogen (secondary N) is 2. The maximum atomic E-state index is 13.8. The second-order valence-corrected chi connectivity index (χ2v) is 7.39. The van der Waals surface area contributed by atoms with E-state index in [1.807, 2.05) is 30.3 Å². The molecule has 1 atom stereocenters. The van der Waals surface area contributed by atoms with Crippen molar-refractivity contribution in [3.63, 3.8) is 0 Å². The molecule has 26 heavy (non-hydrogen) atoms. The van der Waals surface area contributed by atoms with E-state index in [0.29, 0.717) is 10.9 Å². The fourth-order valence-electron chi connectivity index (χ4n) is 3.50. The summed E-state index contributed by atoms with van der Waals surface area (Å²) in [6.07, 6.45) is 1.86. The van der Waals surface area contributed by atoms with Gasteiger partial charge in [0.05, 0.1) is 5.52 Å². The summed E-state index contributed by atoms with van der Waals surface area (Å²) in [5.74, 6) is -0.275. The van der Waals surface area contributed by atoms with Crippen LogP contribution in [-0.2, 0) is 24.2 Å². The Morgan fingerprint density at radius 1 is 1.31 bits per heavy atom. The van der Waals surface area contributed by atoms with Gasteiger partial charge in [-0.15, -0.1) is 0 Å². The van der Waals surface area contributed by atoms with Crippen LogP contribution in [0.25, 0.3) is 10.9 Å². The summed E-state index contributed by atoms with van der Waals surface area (Å²) in [7, 11) is 0. The van der Waals surface area contributed by atoms with Gasteiger partial charge in [0.15, 0.2) is 0 Å². The monoisotopic (exact) mass is 416 g/mol. The highest BCUT2D eigenvalue weighted by Crippen LogP contribution is 2.33. The van der Waals surface area contributed by atoms with Gasteiger partial charge in [-0.05, 0) is 58.5 Å². The van der Waals surface area contributed by atoms with Crippen molar-refractivity contribution in [1.29, 1.82) is 0 Å². The van der Waals surface area contributed by atoms with Crippen LogP contribution in [0.2, 0.25) is 0 Å². The van der Waals surface area contributed by atoms with Crippen molar-refractivity contribution in [2.45, 2.75) is 31.9 Å². The van der Waals surface area contributed by atoms with Gasteiger partial charge in [-0.3, -0.25) is 0 Å². The van der Waals surface area contributed by atoms with E-state index in [2.05, 4.69) is 26.2 Å². The number of aromatic nitrogens is 1. The van der Waals surface area contributed by atoms with Crippen molar-refractivity contribution in [2.75, 3.05) is 0 Å². The normalized spacial score (nSPS) is 16.3. The molecule has 4 nitrogen and oxygen atoms in total. The topological polar surface area (TPSA) is 54.1 Å². The largest absolute Gasteiger partial charge is 0.445 e. The Hall–Kier alpha value is -2.34. The molecule has 0 fully saturated rings. The number of carbonyl (C=O) groups is 1. The Kier molecular flexibility index (Phi) is 4.68. The number of amides is 1. The minimum atomic E-state index is -0.422. The first-order chi connectivity index (χ1) is 12.6. The van der Waals surface area contributed by atoms with Gasteiger partial charge >= 0.3 is 6.09 Å². The number of benzene rings is 2. The molecule has 0 saturated heterocycles. The van der Waals surface area contributed by atoms with Crippen molar-refractivity contribution < 1.29 is 13.9 Å². The molecule has 1 aliphatic carbocycles. The van der Waals surface area contributed by atoms with E-state index in [1.54, 1.807) is 6.07 Å². The molecule has 1 aromatic heterocycles. The number of aromatic amines is 1. The number of hydrogen-bond donors (Lipinski definition) is 2. The molecule has 3 aromatic rings. The van der Waals surface area contributed by atoms with Gasteiger partial charge in [0.1, 0.15) is 12.4 Å². The fourth-order valence-corrected chi connectivity index (χ4v) is 4.03. The summed E-state index contributed by atoms with van der Waals surface area (Å²) in [5.41, 5.74) is 4.04. The molecule has 2 N–H and O–H groups in total. The maximum absolute atomic E-state index is 13.8. The van der Waals surface area contributed by atoms with Crippen molar-refractivity contribution in [3.8, 4) is 0 Å². The molecule has 2 aromatic carbocycles. The number of hydrogen-bond acceptors (Lipinski definition) is 2. The van der Waals surface area contributed by atoms with E-state index >= 15 is 0 Å². The van der Waals surface area contributed by atoms with E-state index in [-0.39, 0.29) is 18.5 Å². The average Bonchev–Trinajstić information content (AvgIpc) is 2.99. The molecule has 4 rings (SSSR count). The predicted octanol–water partition coefficient (Wildman–Crippen LogP) is 4.85. The quantitative estimate of drug-likeness (QED) is 0.640. The number of fused-ring (bicyclic) bond motifs is 3. The van der Waals surface area contributed by atoms with Crippen molar-refractivity contribution >= 4 is 32.9 Å². The van der Waals surface area contributed by atoms with Crippen molar-refractivity contribution in [2.24, 2.45) is 0 Å². The van der Waals surface area contributed by atoms with E-state index in [1.165, 1.54) is 6.07 Å². The van der Waals surface area contributed by atoms with Crippen LogP contribution in [0.15, 0.2) is 46.9 Å². The lowest BCUT2D eigenvalue weighted by Gasteiger charge is -2.23. The van der Waals surface area contributed by atoms with Gasteiger partial charge in [0, 0.05) is 21.6 Å². The first-order valence-corrected chi connectivity index (χ1v) is 9.35. The van der Waals surface area contributed by atoms with E-state index < -0.39 is 6.09 Å². The van der Waals surface area contributed by atoms with Crippen LogP contribution >= 0.6 is 15.9 Å². The third kappa shape index (κ3) is 3.46. The number of aryl methyl sites for hydroxylation is 1.